The van der Waals surface area contributed by atoms with E-state index in [1.807, 2.05) is 6.07 Å². The molecule has 1 aliphatic rings. The van der Waals surface area contributed by atoms with E-state index in [0.717, 1.165) is 29.1 Å². The minimum Gasteiger partial charge on any atom is -0.378 e. The van der Waals surface area contributed by atoms with Crippen LogP contribution in [0, 0.1) is 0 Å². The van der Waals surface area contributed by atoms with E-state index in [1.54, 1.807) is 13.4 Å². The first-order chi connectivity index (χ1) is 9.38. The molecule has 0 unspecified atom stereocenters. The van der Waals surface area contributed by atoms with Crippen LogP contribution in [0.3, 0.4) is 0 Å². The Hall–Kier alpha value is -0.810. The second kappa shape index (κ2) is 8.38. The van der Waals surface area contributed by atoms with Gasteiger partial charge in [0.1, 0.15) is 12.1 Å². The maximum atomic E-state index is 5.07. The largest absolute Gasteiger partial charge is 0.378 e. The van der Waals surface area contributed by atoms with E-state index in [2.05, 4.69) is 27.0 Å². The molecule has 0 spiro atoms. The van der Waals surface area contributed by atoms with Crippen molar-refractivity contribution >= 4 is 17.6 Å². The maximum Gasteiger partial charge on any atom is 0.129 e. The Labute approximate surface area is 119 Å². The highest BCUT2D eigenvalue weighted by Crippen LogP contribution is 2.27. The van der Waals surface area contributed by atoms with Crippen LogP contribution in [0.15, 0.2) is 12.4 Å². The van der Waals surface area contributed by atoms with Crippen molar-refractivity contribution in [1.29, 1.82) is 0 Å². The van der Waals surface area contributed by atoms with Gasteiger partial charge in [0.05, 0.1) is 12.3 Å². The van der Waals surface area contributed by atoms with Gasteiger partial charge < -0.3 is 10.1 Å². The highest BCUT2D eigenvalue weighted by molar-refractivity contribution is 7.99. The first kappa shape index (κ1) is 14.6. The van der Waals surface area contributed by atoms with Crippen molar-refractivity contribution in [2.75, 3.05) is 24.7 Å². The van der Waals surface area contributed by atoms with Crippen molar-refractivity contribution in [3.05, 3.63) is 18.1 Å². The third kappa shape index (κ3) is 5.37. The number of hydrogen-bond acceptors (Lipinski definition) is 5. The Kier molecular flexibility index (Phi) is 6.44. The Morgan fingerprint density at radius 3 is 2.95 bits per heavy atom. The predicted molar refractivity (Wildman–Crippen MR) is 80.6 cm³/mol. The van der Waals surface area contributed by atoms with E-state index in [1.165, 1.54) is 32.1 Å². The quantitative estimate of drug-likeness (QED) is 0.778. The highest BCUT2D eigenvalue weighted by atomic mass is 32.2. The van der Waals surface area contributed by atoms with Crippen molar-refractivity contribution in [2.24, 2.45) is 0 Å². The zero-order valence-electron chi connectivity index (χ0n) is 11.6. The van der Waals surface area contributed by atoms with Gasteiger partial charge in [-0.25, -0.2) is 9.97 Å². The fraction of sp³-hybridized carbons (Fsp3) is 0.714. The van der Waals surface area contributed by atoms with Crippen LogP contribution in [0.1, 0.15) is 37.8 Å². The minimum atomic E-state index is 0.536. The number of hydrogen-bond donors (Lipinski definition) is 1. The van der Waals surface area contributed by atoms with Gasteiger partial charge >= 0.3 is 0 Å². The van der Waals surface area contributed by atoms with Crippen LogP contribution in [0.25, 0.3) is 0 Å². The number of methoxy groups -OCH3 is 1. The normalized spacial score (nSPS) is 16.5. The minimum absolute atomic E-state index is 0.536. The average molecular weight is 281 g/mol. The van der Waals surface area contributed by atoms with Gasteiger partial charge in [-0.2, -0.15) is 11.8 Å². The zero-order chi connectivity index (χ0) is 13.3. The molecule has 0 bridgehead atoms. The smallest absolute Gasteiger partial charge is 0.129 e. The summed E-state index contributed by atoms with van der Waals surface area (Å²) in [5.74, 6) is 2.04. The van der Waals surface area contributed by atoms with Crippen molar-refractivity contribution in [3.8, 4) is 0 Å². The highest BCUT2D eigenvalue weighted by Gasteiger charge is 2.12. The van der Waals surface area contributed by atoms with Gasteiger partial charge in [-0.3, -0.25) is 0 Å². The van der Waals surface area contributed by atoms with Crippen molar-refractivity contribution in [1.82, 2.24) is 9.97 Å². The van der Waals surface area contributed by atoms with Crippen LogP contribution < -0.4 is 5.32 Å². The second-order valence-electron chi connectivity index (χ2n) is 4.89. The fourth-order valence-corrected chi connectivity index (χ4v) is 3.58. The molecule has 0 aromatic carbocycles. The lowest BCUT2D eigenvalue weighted by Crippen LogP contribution is -2.12. The van der Waals surface area contributed by atoms with Crippen LogP contribution in [0.5, 0.6) is 0 Å². The zero-order valence-corrected chi connectivity index (χ0v) is 12.4. The van der Waals surface area contributed by atoms with Crippen LogP contribution in [-0.2, 0) is 11.3 Å². The van der Waals surface area contributed by atoms with E-state index in [9.17, 15) is 0 Å². The molecule has 2 rings (SSSR count). The molecule has 0 amide bonds. The summed E-state index contributed by atoms with van der Waals surface area (Å²) in [5.41, 5.74) is 0.917. The molecule has 0 atom stereocenters. The molecule has 5 heteroatoms. The number of ether oxygens (including phenoxy) is 1. The number of anilines is 1. The molecule has 0 aliphatic heterocycles. The van der Waals surface area contributed by atoms with E-state index in [-0.39, 0.29) is 0 Å². The summed E-state index contributed by atoms with van der Waals surface area (Å²) in [6.07, 6.45) is 8.64. The molecular weight excluding hydrogens is 258 g/mol. The number of nitrogens with zero attached hydrogens (tertiary/aromatic N) is 2. The molecule has 106 valence electrons. The summed E-state index contributed by atoms with van der Waals surface area (Å²) in [6, 6.07) is 1.95. The van der Waals surface area contributed by atoms with E-state index in [4.69, 9.17) is 4.74 Å². The Morgan fingerprint density at radius 2 is 2.16 bits per heavy atom. The molecule has 1 heterocycles. The Balaban J connectivity index is 1.65. The summed E-state index contributed by atoms with van der Waals surface area (Å²) in [5, 5.41) is 4.24. The van der Waals surface area contributed by atoms with Crippen LogP contribution >= 0.6 is 11.8 Å². The molecule has 0 radical (unpaired) electrons. The number of thioether (sulfide) groups is 1. The summed E-state index contributed by atoms with van der Waals surface area (Å²) in [6.45, 7) is 1.50. The SMILES string of the molecule is COCc1cc(NCCSC2CCCCC2)ncn1. The second-order valence-corrected chi connectivity index (χ2v) is 6.29. The van der Waals surface area contributed by atoms with E-state index in [0.29, 0.717) is 6.61 Å². The summed E-state index contributed by atoms with van der Waals surface area (Å²) in [4.78, 5) is 8.37. The third-order valence-electron chi connectivity index (χ3n) is 3.33. The summed E-state index contributed by atoms with van der Waals surface area (Å²) in [7, 11) is 1.68. The number of rotatable bonds is 7. The topological polar surface area (TPSA) is 47.0 Å². The van der Waals surface area contributed by atoms with Crippen LogP contribution in [-0.4, -0.2) is 34.6 Å². The van der Waals surface area contributed by atoms with Gasteiger partial charge in [-0.15, -0.1) is 0 Å². The molecule has 1 saturated carbocycles. The lowest BCUT2D eigenvalue weighted by Gasteiger charge is -2.20. The standard InChI is InChI=1S/C14H23N3OS/c1-18-10-12-9-14(17-11-16-12)15-7-8-19-13-5-3-2-4-6-13/h9,11,13H,2-8,10H2,1H3,(H,15,16,17). The molecule has 19 heavy (non-hydrogen) atoms. The van der Waals surface area contributed by atoms with Crippen LogP contribution in [0.4, 0.5) is 5.82 Å². The van der Waals surface area contributed by atoms with Gasteiger partial charge in [0.2, 0.25) is 0 Å². The fourth-order valence-electron chi connectivity index (χ4n) is 2.36. The number of nitrogens with one attached hydrogen (secondary N) is 1. The third-order valence-corrected chi connectivity index (χ3v) is 4.71. The van der Waals surface area contributed by atoms with Gasteiger partial charge in [0, 0.05) is 30.7 Å². The summed E-state index contributed by atoms with van der Waals surface area (Å²) < 4.78 is 5.07. The lowest BCUT2D eigenvalue weighted by molar-refractivity contribution is 0.181. The number of aromatic nitrogens is 2. The Bertz CT molecular complexity index is 369. The average Bonchev–Trinajstić information content (AvgIpc) is 2.46. The van der Waals surface area contributed by atoms with Crippen molar-refractivity contribution < 1.29 is 4.74 Å². The van der Waals surface area contributed by atoms with Crippen molar-refractivity contribution in [3.63, 3.8) is 0 Å². The predicted octanol–water partition coefficient (Wildman–Crippen LogP) is 3.10. The first-order valence-corrected chi connectivity index (χ1v) is 8.08. The summed E-state index contributed by atoms with van der Waals surface area (Å²) >= 11 is 2.10. The van der Waals surface area contributed by atoms with Gasteiger partial charge in [0.15, 0.2) is 0 Å². The monoisotopic (exact) mass is 281 g/mol. The molecule has 0 saturated heterocycles. The van der Waals surface area contributed by atoms with Gasteiger partial charge in [-0.05, 0) is 12.8 Å². The maximum absolute atomic E-state index is 5.07. The molecule has 1 fully saturated rings. The van der Waals surface area contributed by atoms with Crippen molar-refractivity contribution in [2.45, 2.75) is 44.0 Å². The van der Waals surface area contributed by atoms with Crippen LogP contribution in [0.2, 0.25) is 0 Å². The molecule has 1 aromatic heterocycles. The molecular formula is C14H23N3OS. The first-order valence-electron chi connectivity index (χ1n) is 7.04. The Morgan fingerprint density at radius 1 is 1.32 bits per heavy atom. The van der Waals surface area contributed by atoms with Gasteiger partial charge in [-0.1, -0.05) is 19.3 Å². The molecule has 1 aliphatic carbocycles. The molecule has 1 N–H and O–H groups in total. The lowest BCUT2D eigenvalue weighted by atomic mass is 10.0. The van der Waals surface area contributed by atoms with E-state index < -0.39 is 0 Å². The van der Waals surface area contributed by atoms with E-state index >= 15 is 0 Å². The molecule has 4 nitrogen and oxygen atoms in total. The van der Waals surface area contributed by atoms with Gasteiger partial charge in [0.25, 0.3) is 0 Å². The molecule has 1 aromatic rings.